The molecule has 6 heteroatoms. The summed E-state index contributed by atoms with van der Waals surface area (Å²) < 4.78 is 0. The van der Waals surface area contributed by atoms with Gasteiger partial charge in [-0.05, 0) is 0 Å². The average molecular weight is 180 g/mol. The minimum absolute atomic E-state index is 0.0258. The summed E-state index contributed by atoms with van der Waals surface area (Å²) in [6.45, 7) is -0.760. The van der Waals surface area contributed by atoms with Gasteiger partial charge < -0.3 is 30.3 Å². The maximum atomic E-state index is 9.90. The number of hydrogen-bond acceptors (Lipinski definition) is 6. The van der Waals surface area contributed by atoms with Crippen LogP contribution >= 0.6 is 0 Å². The van der Waals surface area contributed by atoms with Crippen molar-refractivity contribution in [2.24, 2.45) is 0 Å². The second-order valence-electron chi connectivity index (χ2n) is 2.36. The molecule has 5 N–H and O–H groups in total. The second kappa shape index (κ2) is 5.18. The van der Waals surface area contributed by atoms with Gasteiger partial charge in [-0.2, -0.15) is 0 Å². The predicted octanol–water partition coefficient (Wildman–Crippen LogP) is -3.38. The van der Waals surface area contributed by atoms with Gasteiger partial charge in [0.1, 0.15) is 24.4 Å². The lowest BCUT2D eigenvalue weighted by Crippen LogP contribution is -2.46. The van der Waals surface area contributed by atoms with E-state index >= 15 is 0 Å². The topological polar surface area (TPSA) is 118 Å². The minimum Gasteiger partial charge on any atom is -0.394 e. The average Bonchev–Trinajstić information content (AvgIpc) is 2.12. The molecule has 0 radical (unpaired) electrons. The minimum atomic E-state index is -1.79. The molecular weight excluding hydrogens is 168 g/mol. The van der Waals surface area contributed by atoms with Crippen molar-refractivity contribution < 1.29 is 30.3 Å². The summed E-state index contributed by atoms with van der Waals surface area (Å²) in [6, 6.07) is 0. The molecule has 0 aromatic rings. The van der Waals surface area contributed by atoms with Crippen LogP contribution in [0.2, 0.25) is 0 Å². The van der Waals surface area contributed by atoms with E-state index in [1.165, 1.54) is 0 Å². The summed E-state index contributed by atoms with van der Waals surface area (Å²) >= 11 is 0. The number of rotatable bonds is 5. The first kappa shape index (κ1) is 11.5. The Kier molecular flexibility index (Phi) is 4.95. The van der Waals surface area contributed by atoms with E-state index < -0.39 is 31.0 Å². The molecule has 6 nitrogen and oxygen atoms in total. The molecule has 0 saturated heterocycles. The van der Waals surface area contributed by atoms with Crippen LogP contribution in [0.15, 0.2) is 0 Å². The smallest absolute Gasteiger partial charge is 0.151 e. The number of aliphatic hydroxyl groups is 5. The first-order valence-corrected chi connectivity index (χ1v) is 3.33. The zero-order valence-corrected chi connectivity index (χ0v) is 6.24. The summed E-state index contributed by atoms with van der Waals surface area (Å²) in [6.07, 6.45) is -6.84. The second-order valence-corrected chi connectivity index (χ2v) is 2.36. The maximum absolute atomic E-state index is 9.90. The number of aliphatic hydroxyl groups excluding tert-OH is 5. The molecule has 0 aromatic carbocycles. The van der Waals surface area contributed by atoms with E-state index in [9.17, 15) is 4.79 Å². The molecule has 0 aromatic heterocycles. The molecule has 1 unspecified atom stereocenters. The van der Waals surface area contributed by atoms with Crippen LogP contribution in [-0.4, -0.2) is 62.8 Å². The Morgan fingerprint density at radius 3 is 1.92 bits per heavy atom. The van der Waals surface area contributed by atoms with Gasteiger partial charge in [0.25, 0.3) is 0 Å². The molecule has 0 fully saturated rings. The molecule has 12 heavy (non-hydrogen) atoms. The fourth-order valence-corrected chi connectivity index (χ4v) is 0.618. The van der Waals surface area contributed by atoms with Crippen LogP contribution in [0.1, 0.15) is 0 Å². The zero-order chi connectivity index (χ0) is 9.72. The van der Waals surface area contributed by atoms with Gasteiger partial charge in [0.05, 0.1) is 6.61 Å². The van der Waals surface area contributed by atoms with Crippen LogP contribution in [0, 0.1) is 0 Å². The van der Waals surface area contributed by atoms with Gasteiger partial charge in [0, 0.05) is 0 Å². The molecule has 0 spiro atoms. The van der Waals surface area contributed by atoms with Crippen LogP contribution in [0.4, 0.5) is 0 Å². The van der Waals surface area contributed by atoms with Crippen molar-refractivity contribution in [2.45, 2.75) is 24.4 Å². The van der Waals surface area contributed by atoms with Crippen molar-refractivity contribution in [3.8, 4) is 0 Å². The fourth-order valence-electron chi connectivity index (χ4n) is 0.618. The van der Waals surface area contributed by atoms with Crippen molar-refractivity contribution in [1.82, 2.24) is 0 Å². The summed E-state index contributed by atoms with van der Waals surface area (Å²) in [5, 5.41) is 43.5. The van der Waals surface area contributed by atoms with Crippen molar-refractivity contribution in [3.63, 3.8) is 0 Å². The summed E-state index contributed by atoms with van der Waals surface area (Å²) in [5.41, 5.74) is 0. The normalized spacial score (nSPS) is 21.1. The van der Waals surface area contributed by atoms with Crippen molar-refractivity contribution >= 4 is 6.29 Å². The van der Waals surface area contributed by atoms with Crippen molar-refractivity contribution in [1.29, 1.82) is 0 Å². The largest absolute Gasteiger partial charge is 0.394 e. The summed E-state index contributed by atoms with van der Waals surface area (Å²) in [7, 11) is 0. The Morgan fingerprint density at radius 1 is 1.08 bits per heavy atom. The number of carbonyl (C=O) groups excluding carboxylic acids is 1. The molecule has 0 aliphatic rings. The van der Waals surface area contributed by atoms with Crippen LogP contribution in [0.25, 0.3) is 0 Å². The number of hydrogen-bond donors (Lipinski definition) is 5. The lowest BCUT2D eigenvalue weighted by molar-refractivity contribution is -0.136. The standard InChI is InChI=1S/C6H12O6/c7-1-3(9)5(11)6(12)4(10)2-8/h1,3-6,8-12H,2H2/t3?,4-,5+,6+/m1/s1. The molecule has 0 heterocycles. The van der Waals surface area contributed by atoms with Crippen molar-refractivity contribution in [3.05, 3.63) is 0 Å². The quantitative estimate of drug-likeness (QED) is 0.282. The Labute approximate surface area is 68.7 Å². The van der Waals surface area contributed by atoms with E-state index in [-0.39, 0.29) is 6.29 Å². The van der Waals surface area contributed by atoms with E-state index in [0.717, 1.165) is 0 Å². The van der Waals surface area contributed by atoms with E-state index in [0.29, 0.717) is 0 Å². The van der Waals surface area contributed by atoms with Gasteiger partial charge in [-0.1, -0.05) is 0 Å². The van der Waals surface area contributed by atoms with Gasteiger partial charge in [0.2, 0.25) is 0 Å². The van der Waals surface area contributed by atoms with E-state index in [4.69, 9.17) is 25.5 Å². The van der Waals surface area contributed by atoms with Crippen molar-refractivity contribution in [2.75, 3.05) is 6.61 Å². The SMILES string of the molecule is O=CC(O)[C@H](O)[C@@H](O)[C@H](O)CO. The molecule has 0 aliphatic heterocycles. The molecule has 0 bridgehead atoms. The van der Waals surface area contributed by atoms with E-state index in [1.54, 1.807) is 0 Å². The summed E-state index contributed by atoms with van der Waals surface area (Å²) in [5.74, 6) is 0. The van der Waals surface area contributed by atoms with Gasteiger partial charge in [-0.25, -0.2) is 0 Å². The monoisotopic (exact) mass is 180 g/mol. The summed E-state index contributed by atoms with van der Waals surface area (Å²) in [4.78, 5) is 9.90. The first-order valence-electron chi connectivity index (χ1n) is 3.33. The Bertz CT molecular complexity index is 138. The fraction of sp³-hybridized carbons (Fsp3) is 0.833. The van der Waals surface area contributed by atoms with E-state index in [2.05, 4.69) is 0 Å². The first-order chi connectivity index (χ1) is 5.54. The Morgan fingerprint density at radius 2 is 1.58 bits per heavy atom. The van der Waals surface area contributed by atoms with Crippen LogP contribution < -0.4 is 0 Å². The van der Waals surface area contributed by atoms with E-state index in [1.807, 2.05) is 0 Å². The highest BCUT2D eigenvalue weighted by molar-refractivity contribution is 5.56. The highest BCUT2D eigenvalue weighted by atomic mass is 16.4. The molecule has 0 saturated carbocycles. The van der Waals surface area contributed by atoms with Crippen LogP contribution in [-0.2, 0) is 4.79 Å². The molecule has 4 atom stereocenters. The van der Waals surface area contributed by atoms with Gasteiger partial charge in [0.15, 0.2) is 6.29 Å². The van der Waals surface area contributed by atoms with Gasteiger partial charge >= 0.3 is 0 Å². The molecule has 0 rings (SSSR count). The lowest BCUT2D eigenvalue weighted by Gasteiger charge is -2.22. The molecule has 0 aliphatic carbocycles. The Hall–Kier alpha value is -0.530. The maximum Gasteiger partial charge on any atom is 0.151 e. The van der Waals surface area contributed by atoms with Crippen LogP contribution in [0.5, 0.6) is 0 Å². The number of carbonyl (C=O) groups is 1. The molecular formula is C6H12O6. The molecule has 72 valence electrons. The third-order valence-corrected chi connectivity index (χ3v) is 1.42. The highest BCUT2D eigenvalue weighted by Gasteiger charge is 2.29. The van der Waals surface area contributed by atoms with Crippen LogP contribution in [0.3, 0.4) is 0 Å². The van der Waals surface area contributed by atoms with Gasteiger partial charge in [-0.15, -0.1) is 0 Å². The lowest BCUT2D eigenvalue weighted by atomic mass is 10.0. The number of aldehydes is 1. The molecule has 0 amide bonds. The highest BCUT2D eigenvalue weighted by Crippen LogP contribution is 2.02. The zero-order valence-electron chi connectivity index (χ0n) is 6.24. The Balaban J connectivity index is 4.07. The third kappa shape index (κ3) is 2.84. The van der Waals surface area contributed by atoms with Gasteiger partial charge in [-0.3, -0.25) is 0 Å². The third-order valence-electron chi connectivity index (χ3n) is 1.42. The predicted molar refractivity (Wildman–Crippen MR) is 37.2 cm³/mol.